The molecule has 0 aromatic rings. The van der Waals surface area contributed by atoms with Crippen LogP contribution in [-0.4, -0.2) is 24.4 Å². The van der Waals surface area contributed by atoms with Gasteiger partial charge in [-0.25, -0.2) is 0 Å². The minimum Gasteiger partial charge on any atom is -0.387 e. The van der Waals surface area contributed by atoms with E-state index in [0.29, 0.717) is 17.9 Å². The molecular formula is C17H30O2. The molecular weight excluding hydrogens is 236 g/mol. The Morgan fingerprint density at radius 1 is 1.05 bits per heavy atom. The molecule has 4 atom stereocenters. The van der Waals surface area contributed by atoms with Gasteiger partial charge in [0.25, 0.3) is 0 Å². The Morgan fingerprint density at radius 2 is 1.74 bits per heavy atom. The molecule has 3 rings (SSSR count). The van der Waals surface area contributed by atoms with Crippen molar-refractivity contribution < 1.29 is 9.84 Å². The average molecular weight is 266 g/mol. The fourth-order valence-electron chi connectivity index (χ4n) is 6.11. The summed E-state index contributed by atoms with van der Waals surface area (Å²) < 4.78 is 5.38. The van der Waals surface area contributed by atoms with Gasteiger partial charge in [-0.2, -0.15) is 0 Å². The maximum atomic E-state index is 11.2. The van der Waals surface area contributed by atoms with Crippen LogP contribution in [0.1, 0.15) is 65.2 Å². The van der Waals surface area contributed by atoms with Crippen molar-refractivity contribution in [2.75, 3.05) is 13.7 Å². The number of hydrogen-bond donors (Lipinski definition) is 1. The lowest BCUT2D eigenvalue weighted by Gasteiger charge is -2.50. The van der Waals surface area contributed by atoms with Gasteiger partial charge in [0.05, 0.1) is 12.2 Å². The van der Waals surface area contributed by atoms with Crippen LogP contribution in [0.25, 0.3) is 0 Å². The Hall–Kier alpha value is -0.0800. The van der Waals surface area contributed by atoms with Crippen LogP contribution in [0, 0.1) is 22.7 Å². The van der Waals surface area contributed by atoms with Crippen molar-refractivity contribution in [2.45, 2.75) is 70.8 Å². The first-order chi connectivity index (χ1) is 8.98. The second-order valence-corrected chi connectivity index (χ2v) is 7.85. The molecule has 2 bridgehead atoms. The molecule has 0 unspecified atom stereocenters. The van der Waals surface area contributed by atoms with E-state index in [1.54, 1.807) is 7.11 Å². The highest BCUT2D eigenvalue weighted by Crippen LogP contribution is 2.73. The van der Waals surface area contributed by atoms with Crippen LogP contribution >= 0.6 is 0 Å². The molecule has 0 saturated heterocycles. The molecule has 3 fully saturated rings. The molecule has 1 N–H and O–H groups in total. The lowest BCUT2D eigenvalue weighted by Crippen LogP contribution is -2.52. The molecule has 3 aliphatic carbocycles. The van der Waals surface area contributed by atoms with E-state index in [-0.39, 0.29) is 5.41 Å². The molecule has 19 heavy (non-hydrogen) atoms. The highest BCUT2D eigenvalue weighted by atomic mass is 16.5. The van der Waals surface area contributed by atoms with Crippen LogP contribution in [0.5, 0.6) is 0 Å². The minimum atomic E-state index is -0.586. The Morgan fingerprint density at radius 3 is 2.37 bits per heavy atom. The van der Waals surface area contributed by atoms with Crippen LogP contribution in [-0.2, 0) is 4.74 Å². The highest BCUT2D eigenvalue weighted by Gasteiger charge is 2.71. The van der Waals surface area contributed by atoms with Crippen molar-refractivity contribution in [3.8, 4) is 0 Å². The van der Waals surface area contributed by atoms with E-state index >= 15 is 0 Å². The van der Waals surface area contributed by atoms with Gasteiger partial charge in [0.2, 0.25) is 0 Å². The van der Waals surface area contributed by atoms with Crippen molar-refractivity contribution in [3.63, 3.8) is 0 Å². The molecule has 0 aliphatic heterocycles. The molecule has 3 aliphatic rings. The van der Waals surface area contributed by atoms with Crippen molar-refractivity contribution >= 4 is 0 Å². The second-order valence-electron chi connectivity index (χ2n) is 7.85. The maximum Gasteiger partial charge on any atom is 0.0941 e. The van der Waals surface area contributed by atoms with Crippen LogP contribution in [0.2, 0.25) is 0 Å². The first-order valence-electron chi connectivity index (χ1n) is 8.19. The Balaban J connectivity index is 1.93. The van der Waals surface area contributed by atoms with Crippen LogP contribution in [0.15, 0.2) is 0 Å². The van der Waals surface area contributed by atoms with Crippen LogP contribution < -0.4 is 0 Å². The molecule has 110 valence electrons. The summed E-state index contributed by atoms with van der Waals surface area (Å²) in [5, 5.41) is 11.2. The summed E-state index contributed by atoms with van der Waals surface area (Å²) in [5.41, 5.74) is -0.194. The molecule has 0 aromatic heterocycles. The number of methoxy groups -OCH3 is 1. The van der Waals surface area contributed by atoms with E-state index in [1.165, 1.54) is 44.9 Å². The molecule has 0 aromatic carbocycles. The molecule has 0 radical (unpaired) electrons. The highest BCUT2D eigenvalue weighted by molar-refractivity contribution is 5.20. The second kappa shape index (κ2) is 4.46. The third kappa shape index (κ3) is 1.62. The summed E-state index contributed by atoms with van der Waals surface area (Å²) >= 11 is 0. The summed E-state index contributed by atoms with van der Waals surface area (Å²) in [6.45, 7) is 5.37. The lowest BCUT2D eigenvalue weighted by molar-refractivity contribution is -0.141. The average Bonchev–Trinajstić information content (AvgIpc) is 2.75. The van der Waals surface area contributed by atoms with Crippen molar-refractivity contribution in [1.82, 2.24) is 0 Å². The maximum absolute atomic E-state index is 11.2. The zero-order valence-electron chi connectivity index (χ0n) is 12.9. The quantitative estimate of drug-likeness (QED) is 0.842. The van der Waals surface area contributed by atoms with Gasteiger partial charge in [-0.05, 0) is 49.4 Å². The monoisotopic (exact) mass is 266 g/mol. The van der Waals surface area contributed by atoms with Gasteiger partial charge < -0.3 is 9.84 Å². The fourth-order valence-corrected chi connectivity index (χ4v) is 6.11. The van der Waals surface area contributed by atoms with E-state index in [0.717, 1.165) is 12.3 Å². The van der Waals surface area contributed by atoms with Crippen LogP contribution in [0.3, 0.4) is 0 Å². The van der Waals surface area contributed by atoms with E-state index in [2.05, 4.69) is 13.8 Å². The smallest absolute Gasteiger partial charge is 0.0941 e. The molecule has 0 heterocycles. The van der Waals surface area contributed by atoms with Crippen LogP contribution in [0.4, 0.5) is 0 Å². The first-order valence-corrected chi connectivity index (χ1v) is 8.19. The normalized spacial score (nSPS) is 50.8. The van der Waals surface area contributed by atoms with Gasteiger partial charge in [-0.3, -0.25) is 0 Å². The zero-order chi connectivity index (χ0) is 13.7. The number of hydrogen-bond acceptors (Lipinski definition) is 2. The van der Waals surface area contributed by atoms with Crippen molar-refractivity contribution in [1.29, 1.82) is 0 Å². The number of fused-ring (bicyclic) bond motifs is 2. The summed E-state index contributed by atoms with van der Waals surface area (Å²) in [6, 6.07) is 0. The third-order valence-corrected chi connectivity index (χ3v) is 7.48. The number of aliphatic hydroxyl groups is 1. The van der Waals surface area contributed by atoms with Crippen molar-refractivity contribution in [2.24, 2.45) is 22.7 Å². The van der Waals surface area contributed by atoms with E-state index < -0.39 is 5.60 Å². The summed E-state index contributed by atoms with van der Waals surface area (Å²) in [7, 11) is 1.73. The van der Waals surface area contributed by atoms with Crippen molar-refractivity contribution in [3.05, 3.63) is 0 Å². The van der Waals surface area contributed by atoms with E-state index in [4.69, 9.17) is 4.74 Å². The summed E-state index contributed by atoms with van der Waals surface area (Å²) in [6.07, 6.45) is 10.4. The van der Waals surface area contributed by atoms with Gasteiger partial charge in [-0.15, -0.1) is 0 Å². The Labute approximate surface area is 117 Å². The van der Waals surface area contributed by atoms with Gasteiger partial charge in [0.15, 0.2) is 0 Å². The SMILES string of the molecule is COC[C@@]1(O)C[C@@H]2CC[C@@]1(C)[C@@]2(C)C1CCCCC1. The summed E-state index contributed by atoms with van der Waals surface area (Å²) in [4.78, 5) is 0. The summed E-state index contributed by atoms with van der Waals surface area (Å²) in [5.74, 6) is 1.53. The van der Waals surface area contributed by atoms with Gasteiger partial charge in [0.1, 0.15) is 0 Å². The molecule has 3 saturated carbocycles. The predicted octanol–water partition coefficient (Wildman–Crippen LogP) is 3.77. The predicted molar refractivity (Wildman–Crippen MR) is 77.0 cm³/mol. The molecule has 0 spiro atoms. The van der Waals surface area contributed by atoms with Gasteiger partial charge >= 0.3 is 0 Å². The van der Waals surface area contributed by atoms with E-state index in [9.17, 15) is 5.11 Å². The largest absolute Gasteiger partial charge is 0.387 e. The lowest BCUT2D eigenvalue weighted by atomic mass is 9.56. The van der Waals surface area contributed by atoms with Gasteiger partial charge in [-0.1, -0.05) is 33.1 Å². The van der Waals surface area contributed by atoms with E-state index in [1.807, 2.05) is 0 Å². The number of ether oxygens (including phenoxy) is 1. The third-order valence-electron chi connectivity index (χ3n) is 7.48. The standard InChI is InChI=1S/C17H30O2/c1-15-10-9-14(11-17(15,18)12-19-3)16(15,2)13-7-5-4-6-8-13/h13-14,18H,4-12H2,1-3H3/t14-,15-,16-,17-/m0/s1. The van der Waals surface area contributed by atoms with Gasteiger partial charge in [0, 0.05) is 12.5 Å². The first kappa shape index (κ1) is 13.9. The molecule has 0 amide bonds. The minimum absolute atomic E-state index is 0.0582. The topological polar surface area (TPSA) is 29.5 Å². The zero-order valence-corrected chi connectivity index (χ0v) is 12.9. The molecule has 2 nitrogen and oxygen atoms in total. The Bertz CT molecular complexity index is 349. The molecule has 2 heteroatoms. The Kier molecular flexibility index (Phi) is 3.26. The fraction of sp³-hybridized carbons (Fsp3) is 1.00. The number of rotatable bonds is 3.